The van der Waals surface area contributed by atoms with Crippen LogP contribution in [0.15, 0.2) is 24.3 Å². The minimum absolute atomic E-state index is 0.0444. The van der Waals surface area contributed by atoms with Gasteiger partial charge < -0.3 is 10.6 Å². The molecule has 0 aliphatic carbocycles. The predicted molar refractivity (Wildman–Crippen MR) is 59.7 cm³/mol. The molecule has 2 amide bonds. The molecular formula is C12H13FN2O2. The fraction of sp³-hybridized carbons (Fsp3) is 0.333. The molecule has 1 aliphatic rings. The van der Waals surface area contributed by atoms with E-state index in [-0.39, 0.29) is 30.1 Å². The lowest BCUT2D eigenvalue weighted by Gasteiger charge is -2.10. The first kappa shape index (κ1) is 11.6. The number of nitrogens with one attached hydrogen (secondary N) is 2. The van der Waals surface area contributed by atoms with Crippen LogP contribution in [0.5, 0.6) is 0 Å². The van der Waals surface area contributed by atoms with Gasteiger partial charge in [0.05, 0.1) is 12.5 Å². The average Bonchev–Trinajstić information content (AvgIpc) is 2.67. The van der Waals surface area contributed by atoms with Gasteiger partial charge in [0.1, 0.15) is 5.82 Å². The maximum atomic E-state index is 12.6. The summed E-state index contributed by atoms with van der Waals surface area (Å²) in [5.74, 6) is -0.519. The van der Waals surface area contributed by atoms with Gasteiger partial charge in [-0.15, -0.1) is 0 Å². The summed E-state index contributed by atoms with van der Waals surface area (Å²) in [5.41, 5.74) is 0.751. The number of carbonyl (C=O) groups excluding carboxylic acids is 2. The highest BCUT2D eigenvalue weighted by molar-refractivity contribution is 5.82. The van der Waals surface area contributed by atoms with Crippen molar-refractivity contribution in [3.05, 3.63) is 35.6 Å². The third kappa shape index (κ3) is 3.27. The van der Waals surface area contributed by atoms with Gasteiger partial charge in [-0.3, -0.25) is 9.59 Å². The molecule has 1 unspecified atom stereocenters. The van der Waals surface area contributed by atoms with Gasteiger partial charge in [0, 0.05) is 13.0 Å². The Bertz CT molecular complexity index is 431. The molecular weight excluding hydrogens is 223 g/mol. The van der Waals surface area contributed by atoms with Gasteiger partial charge in [-0.05, 0) is 17.7 Å². The second-order valence-corrected chi connectivity index (χ2v) is 4.08. The topological polar surface area (TPSA) is 58.2 Å². The van der Waals surface area contributed by atoms with Crippen molar-refractivity contribution in [3.63, 3.8) is 0 Å². The van der Waals surface area contributed by atoms with E-state index >= 15 is 0 Å². The second kappa shape index (κ2) is 4.95. The van der Waals surface area contributed by atoms with Gasteiger partial charge in [0.2, 0.25) is 11.8 Å². The van der Waals surface area contributed by atoms with Gasteiger partial charge in [0.15, 0.2) is 0 Å². The van der Waals surface area contributed by atoms with E-state index in [0.717, 1.165) is 5.56 Å². The minimum atomic E-state index is -0.320. The molecule has 0 spiro atoms. The van der Waals surface area contributed by atoms with Gasteiger partial charge in [-0.2, -0.15) is 0 Å². The van der Waals surface area contributed by atoms with Crippen molar-refractivity contribution in [1.82, 2.24) is 10.6 Å². The fourth-order valence-electron chi connectivity index (χ4n) is 1.77. The molecule has 2 rings (SSSR count). The number of hydrogen-bond acceptors (Lipinski definition) is 2. The summed E-state index contributed by atoms with van der Waals surface area (Å²) in [6.07, 6.45) is 0.528. The largest absolute Gasteiger partial charge is 0.354 e. The van der Waals surface area contributed by atoms with Gasteiger partial charge in [0.25, 0.3) is 0 Å². The third-order valence-electron chi connectivity index (χ3n) is 2.62. The Hall–Kier alpha value is -1.91. The summed E-state index contributed by atoms with van der Waals surface area (Å²) in [5, 5.41) is 5.40. The first-order chi connectivity index (χ1) is 8.13. The molecule has 1 fully saturated rings. The SMILES string of the molecule is O=C1CC(NC(=O)Cc2ccc(F)cc2)CN1. The molecule has 1 atom stereocenters. The zero-order valence-corrected chi connectivity index (χ0v) is 9.20. The Morgan fingerprint density at radius 3 is 2.71 bits per heavy atom. The molecule has 5 heteroatoms. The monoisotopic (exact) mass is 236 g/mol. The van der Waals surface area contributed by atoms with Crippen LogP contribution in [-0.4, -0.2) is 24.4 Å². The van der Waals surface area contributed by atoms with Gasteiger partial charge in [-0.1, -0.05) is 12.1 Å². The summed E-state index contributed by atoms with van der Waals surface area (Å²) < 4.78 is 12.6. The minimum Gasteiger partial charge on any atom is -0.354 e. The molecule has 0 bridgehead atoms. The Morgan fingerprint density at radius 2 is 2.12 bits per heavy atom. The van der Waals surface area contributed by atoms with Gasteiger partial charge in [-0.25, -0.2) is 4.39 Å². The molecule has 2 N–H and O–H groups in total. The van der Waals surface area contributed by atoms with E-state index in [9.17, 15) is 14.0 Å². The number of benzene rings is 1. The van der Waals surface area contributed by atoms with Gasteiger partial charge >= 0.3 is 0 Å². The summed E-state index contributed by atoms with van der Waals surface area (Å²) in [4.78, 5) is 22.5. The van der Waals surface area contributed by atoms with Crippen molar-refractivity contribution in [2.45, 2.75) is 18.9 Å². The zero-order valence-electron chi connectivity index (χ0n) is 9.20. The number of amides is 2. The summed E-state index contributed by atoms with van der Waals surface area (Å²) in [7, 11) is 0. The molecule has 4 nitrogen and oxygen atoms in total. The molecule has 90 valence electrons. The second-order valence-electron chi connectivity index (χ2n) is 4.08. The standard InChI is InChI=1S/C12H13FN2O2/c13-9-3-1-8(2-4-9)5-12(17)15-10-6-11(16)14-7-10/h1-4,10H,5-7H2,(H,14,16)(H,15,17). The maximum absolute atomic E-state index is 12.6. The van der Waals surface area contributed by atoms with Crippen molar-refractivity contribution < 1.29 is 14.0 Å². The number of hydrogen-bond donors (Lipinski definition) is 2. The summed E-state index contributed by atoms with van der Waals surface area (Å²) in [6.45, 7) is 0.480. The third-order valence-corrected chi connectivity index (χ3v) is 2.62. The van der Waals surface area contributed by atoms with Crippen LogP contribution < -0.4 is 10.6 Å². The summed E-state index contributed by atoms with van der Waals surface area (Å²) >= 11 is 0. The smallest absolute Gasteiger partial charge is 0.224 e. The molecule has 1 saturated heterocycles. The fourth-order valence-corrected chi connectivity index (χ4v) is 1.77. The molecule has 0 aromatic heterocycles. The van der Waals surface area contributed by atoms with Crippen LogP contribution in [0.25, 0.3) is 0 Å². The lowest BCUT2D eigenvalue weighted by atomic mass is 10.1. The Morgan fingerprint density at radius 1 is 1.41 bits per heavy atom. The van der Waals surface area contributed by atoms with E-state index in [1.54, 1.807) is 12.1 Å². The molecule has 0 radical (unpaired) electrons. The van der Waals surface area contributed by atoms with E-state index < -0.39 is 0 Å². The normalized spacial score (nSPS) is 18.9. The Labute approximate surface area is 98.2 Å². The van der Waals surface area contributed by atoms with Crippen LogP contribution in [0.1, 0.15) is 12.0 Å². The highest BCUT2D eigenvalue weighted by atomic mass is 19.1. The van der Waals surface area contributed by atoms with Crippen LogP contribution in [0.4, 0.5) is 4.39 Å². The number of carbonyl (C=O) groups is 2. The van der Waals surface area contributed by atoms with Crippen LogP contribution in [0.2, 0.25) is 0 Å². The highest BCUT2D eigenvalue weighted by Gasteiger charge is 2.22. The number of rotatable bonds is 3. The maximum Gasteiger partial charge on any atom is 0.224 e. The van der Waals surface area contributed by atoms with Crippen molar-refractivity contribution in [1.29, 1.82) is 0 Å². The van der Waals surface area contributed by atoms with Crippen LogP contribution in [-0.2, 0) is 16.0 Å². The van der Waals surface area contributed by atoms with Crippen molar-refractivity contribution in [3.8, 4) is 0 Å². The van der Waals surface area contributed by atoms with Crippen molar-refractivity contribution in [2.75, 3.05) is 6.54 Å². The molecule has 17 heavy (non-hydrogen) atoms. The van der Waals surface area contributed by atoms with Crippen LogP contribution in [0, 0.1) is 5.82 Å². The number of halogens is 1. The average molecular weight is 236 g/mol. The lowest BCUT2D eigenvalue weighted by molar-refractivity contribution is -0.121. The first-order valence-corrected chi connectivity index (χ1v) is 5.44. The predicted octanol–water partition coefficient (Wildman–Crippen LogP) is 0.373. The highest BCUT2D eigenvalue weighted by Crippen LogP contribution is 2.05. The first-order valence-electron chi connectivity index (χ1n) is 5.44. The van der Waals surface area contributed by atoms with E-state index in [2.05, 4.69) is 10.6 Å². The molecule has 1 aromatic rings. The molecule has 1 aliphatic heterocycles. The summed E-state index contributed by atoms with van der Waals surface area (Å²) in [6, 6.07) is 5.67. The lowest BCUT2D eigenvalue weighted by Crippen LogP contribution is -2.37. The van der Waals surface area contributed by atoms with E-state index in [4.69, 9.17) is 0 Å². The van der Waals surface area contributed by atoms with Crippen LogP contribution in [0.3, 0.4) is 0 Å². The molecule has 1 heterocycles. The van der Waals surface area contributed by atoms with E-state index in [1.807, 2.05) is 0 Å². The van der Waals surface area contributed by atoms with E-state index in [0.29, 0.717) is 13.0 Å². The van der Waals surface area contributed by atoms with Crippen molar-refractivity contribution in [2.24, 2.45) is 0 Å². The Balaban J connectivity index is 1.85. The molecule has 0 saturated carbocycles. The molecule has 1 aromatic carbocycles. The van der Waals surface area contributed by atoms with Crippen molar-refractivity contribution >= 4 is 11.8 Å². The Kier molecular flexibility index (Phi) is 3.37. The van der Waals surface area contributed by atoms with E-state index in [1.165, 1.54) is 12.1 Å². The zero-order chi connectivity index (χ0) is 12.3. The van der Waals surface area contributed by atoms with Crippen LogP contribution >= 0.6 is 0 Å². The quantitative estimate of drug-likeness (QED) is 0.796.